The van der Waals surface area contributed by atoms with Gasteiger partial charge < -0.3 is 10.3 Å². The van der Waals surface area contributed by atoms with Gasteiger partial charge in [0.05, 0.1) is 5.69 Å². The molecule has 0 fully saturated rings. The Morgan fingerprint density at radius 2 is 2.14 bits per heavy atom. The van der Waals surface area contributed by atoms with E-state index in [0.29, 0.717) is 0 Å². The fourth-order valence-electron chi connectivity index (χ4n) is 1.05. The lowest BCUT2D eigenvalue weighted by atomic mass is 10.3. The average Bonchev–Trinajstić information content (AvgIpc) is 2.62. The van der Waals surface area contributed by atoms with E-state index in [1.807, 2.05) is 18.2 Å². The number of nitrogens with zero attached hydrogens (tertiary/aromatic N) is 1. The van der Waals surface area contributed by atoms with Crippen molar-refractivity contribution in [1.82, 2.24) is 9.97 Å². The summed E-state index contributed by atoms with van der Waals surface area (Å²) in [6, 6.07) is 5.91. The van der Waals surface area contributed by atoms with E-state index in [2.05, 4.69) is 47.1 Å². The number of aromatic nitrogens is 2. The molecule has 14 heavy (non-hydrogen) atoms. The first kappa shape index (κ1) is 9.73. The first-order valence-electron chi connectivity index (χ1n) is 3.97. The Morgan fingerprint density at radius 1 is 1.29 bits per heavy atom. The Hall–Kier alpha value is -0.810. The first-order chi connectivity index (χ1) is 6.75. The molecule has 0 radical (unpaired) electrons. The second-order valence-electron chi connectivity index (χ2n) is 2.69. The van der Waals surface area contributed by atoms with Gasteiger partial charge in [0, 0.05) is 21.3 Å². The van der Waals surface area contributed by atoms with Gasteiger partial charge in [-0.25, -0.2) is 4.98 Å². The van der Waals surface area contributed by atoms with Crippen molar-refractivity contribution in [1.29, 1.82) is 0 Å². The van der Waals surface area contributed by atoms with E-state index < -0.39 is 0 Å². The normalized spacial score (nSPS) is 10.1. The molecule has 0 spiro atoms. The van der Waals surface area contributed by atoms with Crippen molar-refractivity contribution in [2.45, 2.75) is 0 Å². The summed E-state index contributed by atoms with van der Waals surface area (Å²) in [5.74, 6) is 0.730. The summed E-state index contributed by atoms with van der Waals surface area (Å²) in [5.41, 5.74) is 0.975. The minimum Gasteiger partial charge on any atom is -0.331 e. The molecule has 0 saturated carbocycles. The van der Waals surface area contributed by atoms with Crippen molar-refractivity contribution >= 4 is 43.5 Å². The Balaban J connectivity index is 2.25. The van der Waals surface area contributed by atoms with Crippen molar-refractivity contribution < 1.29 is 0 Å². The topological polar surface area (TPSA) is 40.7 Å². The van der Waals surface area contributed by atoms with Gasteiger partial charge in [0.15, 0.2) is 0 Å². The van der Waals surface area contributed by atoms with Gasteiger partial charge in [-0.2, -0.15) is 0 Å². The predicted molar refractivity (Wildman–Crippen MR) is 63.7 cm³/mol. The number of aromatic amines is 1. The molecule has 0 amide bonds. The largest absolute Gasteiger partial charge is 0.331 e. The van der Waals surface area contributed by atoms with Crippen LogP contribution in [0.15, 0.2) is 39.5 Å². The highest BCUT2D eigenvalue weighted by molar-refractivity contribution is 9.11. The highest BCUT2D eigenvalue weighted by atomic mass is 79.9. The molecular formula is C9H7Br2N3. The van der Waals surface area contributed by atoms with Crippen LogP contribution in [0, 0.1) is 0 Å². The molecule has 0 aliphatic carbocycles. The molecule has 0 aliphatic heterocycles. The van der Waals surface area contributed by atoms with Crippen molar-refractivity contribution in [3.8, 4) is 0 Å². The van der Waals surface area contributed by atoms with Crippen molar-refractivity contribution in [3.05, 3.63) is 39.5 Å². The lowest BCUT2D eigenvalue weighted by Gasteiger charge is -2.05. The number of halogens is 2. The van der Waals surface area contributed by atoms with Crippen LogP contribution in [-0.4, -0.2) is 9.97 Å². The average molecular weight is 317 g/mol. The molecule has 2 N–H and O–H groups in total. The summed E-state index contributed by atoms with van der Waals surface area (Å²) in [6.45, 7) is 0. The Bertz CT molecular complexity index is 426. The molecule has 1 aromatic carbocycles. The third-order valence-electron chi connectivity index (χ3n) is 1.68. The molecule has 2 rings (SSSR count). The van der Waals surface area contributed by atoms with E-state index in [4.69, 9.17) is 0 Å². The second-order valence-corrected chi connectivity index (χ2v) is 4.46. The number of nitrogens with one attached hydrogen (secondary N) is 2. The van der Waals surface area contributed by atoms with Gasteiger partial charge in [-0.3, -0.25) is 0 Å². The molecule has 72 valence electrons. The molecule has 5 heteroatoms. The van der Waals surface area contributed by atoms with Crippen LogP contribution >= 0.6 is 31.9 Å². The monoisotopic (exact) mass is 315 g/mol. The van der Waals surface area contributed by atoms with Gasteiger partial charge in [-0.1, -0.05) is 15.9 Å². The smallest absolute Gasteiger partial charge is 0.204 e. The summed E-state index contributed by atoms with van der Waals surface area (Å²) in [4.78, 5) is 7.05. The van der Waals surface area contributed by atoms with Crippen LogP contribution in [-0.2, 0) is 0 Å². The maximum absolute atomic E-state index is 4.08. The molecule has 0 saturated heterocycles. The fourth-order valence-corrected chi connectivity index (χ4v) is 2.20. The van der Waals surface area contributed by atoms with Crippen LogP contribution < -0.4 is 5.32 Å². The van der Waals surface area contributed by atoms with Gasteiger partial charge >= 0.3 is 0 Å². The van der Waals surface area contributed by atoms with Crippen LogP contribution in [0.2, 0.25) is 0 Å². The van der Waals surface area contributed by atoms with Gasteiger partial charge in [-0.05, 0) is 34.1 Å². The van der Waals surface area contributed by atoms with Gasteiger partial charge in [0.2, 0.25) is 5.95 Å². The number of imidazole rings is 1. The summed E-state index contributed by atoms with van der Waals surface area (Å²) < 4.78 is 2.03. The lowest BCUT2D eigenvalue weighted by molar-refractivity contribution is 1.28. The summed E-state index contributed by atoms with van der Waals surface area (Å²) >= 11 is 6.85. The minimum atomic E-state index is 0.730. The highest BCUT2D eigenvalue weighted by Crippen LogP contribution is 2.27. The minimum absolute atomic E-state index is 0.730. The van der Waals surface area contributed by atoms with Crippen LogP contribution in [0.4, 0.5) is 11.6 Å². The van der Waals surface area contributed by atoms with Crippen LogP contribution in [0.3, 0.4) is 0 Å². The molecule has 0 bridgehead atoms. The zero-order valence-electron chi connectivity index (χ0n) is 7.09. The molecule has 0 aliphatic rings. The Kier molecular flexibility index (Phi) is 2.88. The number of H-pyrrole nitrogens is 1. The van der Waals surface area contributed by atoms with Crippen molar-refractivity contribution in [2.24, 2.45) is 0 Å². The Labute approximate surface area is 98.2 Å². The summed E-state index contributed by atoms with van der Waals surface area (Å²) in [7, 11) is 0. The molecule has 0 unspecified atom stereocenters. The Morgan fingerprint density at radius 3 is 2.79 bits per heavy atom. The number of rotatable bonds is 2. The maximum atomic E-state index is 4.08. The molecule has 3 nitrogen and oxygen atoms in total. The second kappa shape index (κ2) is 4.14. The van der Waals surface area contributed by atoms with Crippen molar-refractivity contribution in [3.63, 3.8) is 0 Å². The van der Waals surface area contributed by atoms with E-state index in [9.17, 15) is 0 Å². The van der Waals surface area contributed by atoms with E-state index >= 15 is 0 Å². The molecule has 0 atom stereocenters. The fraction of sp³-hybridized carbons (Fsp3) is 0. The van der Waals surface area contributed by atoms with Gasteiger partial charge in [-0.15, -0.1) is 0 Å². The zero-order valence-corrected chi connectivity index (χ0v) is 10.3. The third-order valence-corrected chi connectivity index (χ3v) is 2.83. The molecule has 1 heterocycles. The van der Waals surface area contributed by atoms with Gasteiger partial charge in [0.25, 0.3) is 0 Å². The third kappa shape index (κ3) is 2.16. The van der Waals surface area contributed by atoms with E-state index in [1.165, 1.54) is 0 Å². The molecule has 1 aromatic heterocycles. The predicted octanol–water partition coefficient (Wildman–Crippen LogP) is 3.68. The zero-order chi connectivity index (χ0) is 9.97. The summed E-state index contributed by atoms with van der Waals surface area (Å²) in [6.07, 6.45) is 3.48. The number of hydrogen-bond donors (Lipinski definition) is 2. The van der Waals surface area contributed by atoms with Crippen LogP contribution in [0.25, 0.3) is 0 Å². The van der Waals surface area contributed by atoms with Gasteiger partial charge in [0.1, 0.15) is 0 Å². The van der Waals surface area contributed by atoms with E-state index in [1.54, 1.807) is 12.4 Å². The number of hydrogen-bond acceptors (Lipinski definition) is 2. The number of benzene rings is 1. The quantitative estimate of drug-likeness (QED) is 0.887. The lowest BCUT2D eigenvalue weighted by Crippen LogP contribution is -1.92. The SMILES string of the molecule is Brc1ccc(Nc2ncc[nH]2)c(Br)c1. The maximum Gasteiger partial charge on any atom is 0.204 e. The van der Waals surface area contributed by atoms with E-state index in [0.717, 1.165) is 20.6 Å². The van der Waals surface area contributed by atoms with Crippen molar-refractivity contribution in [2.75, 3.05) is 5.32 Å². The first-order valence-corrected chi connectivity index (χ1v) is 5.56. The van der Waals surface area contributed by atoms with Crippen LogP contribution in [0.1, 0.15) is 0 Å². The number of anilines is 2. The molecule has 2 aromatic rings. The van der Waals surface area contributed by atoms with Crippen LogP contribution in [0.5, 0.6) is 0 Å². The van der Waals surface area contributed by atoms with E-state index in [-0.39, 0.29) is 0 Å². The standard InChI is InChI=1S/C9H7Br2N3/c10-6-1-2-8(7(11)5-6)14-9-12-3-4-13-9/h1-5H,(H2,12,13,14). The molecular weight excluding hydrogens is 310 g/mol. The summed E-state index contributed by atoms with van der Waals surface area (Å²) in [5, 5.41) is 3.15. The highest BCUT2D eigenvalue weighted by Gasteiger charge is 2.01.